The fourth-order valence-electron chi connectivity index (χ4n) is 3.97. The van der Waals surface area contributed by atoms with Gasteiger partial charge in [0.1, 0.15) is 17.4 Å². The van der Waals surface area contributed by atoms with Crippen molar-refractivity contribution >= 4 is 17.3 Å². The summed E-state index contributed by atoms with van der Waals surface area (Å²) in [6.45, 7) is 1.08. The van der Waals surface area contributed by atoms with Gasteiger partial charge in [0, 0.05) is 43.3 Å². The highest BCUT2D eigenvalue weighted by Crippen LogP contribution is 2.27. The summed E-state index contributed by atoms with van der Waals surface area (Å²) in [5.74, 6) is 1.71. The first-order valence-corrected chi connectivity index (χ1v) is 10.7. The lowest BCUT2D eigenvalue weighted by Gasteiger charge is -2.16. The number of methoxy groups -OCH3 is 2. The molecule has 0 bridgehead atoms. The molecule has 4 rings (SSSR count). The lowest BCUT2D eigenvalue weighted by molar-refractivity contribution is -0.119. The zero-order chi connectivity index (χ0) is 22.3. The number of nitrogens with one attached hydrogen (secondary N) is 1. The average Bonchev–Trinajstić information content (AvgIpc) is 3.21. The molecule has 0 spiro atoms. The zero-order valence-electron chi connectivity index (χ0n) is 18.4. The Morgan fingerprint density at radius 2 is 1.88 bits per heavy atom. The number of ether oxygens (including phenoxy) is 2. The molecule has 2 aromatic carbocycles. The highest BCUT2D eigenvalue weighted by molar-refractivity contribution is 6.11. The Hall–Kier alpha value is -3.51. The monoisotopic (exact) mass is 429 g/mol. The predicted octanol–water partition coefficient (Wildman–Crippen LogP) is 4.39. The van der Waals surface area contributed by atoms with Crippen molar-refractivity contribution in [2.75, 3.05) is 26.1 Å². The van der Waals surface area contributed by atoms with E-state index in [9.17, 15) is 4.79 Å². The Labute approximate surface area is 188 Å². The normalized spacial score (nSPS) is 13.2. The van der Waals surface area contributed by atoms with Crippen molar-refractivity contribution in [3.8, 4) is 5.75 Å². The van der Waals surface area contributed by atoms with Crippen molar-refractivity contribution in [3.63, 3.8) is 0 Å². The number of anilines is 1. The molecule has 6 heteroatoms. The number of pyridine rings is 1. The lowest BCUT2D eigenvalue weighted by atomic mass is 9.93. The van der Waals surface area contributed by atoms with Gasteiger partial charge in [-0.3, -0.25) is 14.8 Å². The molecule has 0 unspecified atom stereocenters. The molecule has 1 aliphatic heterocycles. The molecule has 0 saturated carbocycles. The van der Waals surface area contributed by atoms with Crippen molar-refractivity contribution in [1.82, 2.24) is 4.98 Å². The lowest BCUT2D eigenvalue weighted by Crippen LogP contribution is -2.15. The third kappa shape index (κ3) is 5.03. The molecular weight excluding hydrogens is 402 g/mol. The second-order valence-corrected chi connectivity index (χ2v) is 7.81. The minimum Gasteiger partial charge on any atom is -0.495 e. The van der Waals surface area contributed by atoms with Crippen molar-refractivity contribution in [2.24, 2.45) is 4.99 Å². The predicted molar refractivity (Wildman–Crippen MR) is 125 cm³/mol. The summed E-state index contributed by atoms with van der Waals surface area (Å²) < 4.78 is 10.8. The van der Waals surface area contributed by atoms with Crippen LogP contribution in [0.15, 0.2) is 71.9 Å². The van der Waals surface area contributed by atoms with Crippen molar-refractivity contribution in [1.29, 1.82) is 0 Å². The number of amidine groups is 1. The van der Waals surface area contributed by atoms with Gasteiger partial charge in [-0.05, 0) is 29.3 Å². The van der Waals surface area contributed by atoms with E-state index in [1.54, 1.807) is 20.4 Å². The molecule has 1 aromatic heterocycles. The van der Waals surface area contributed by atoms with Gasteiger partial charge in [-0.1, -0.05) is 42.5 Å². The number of fused-ring (bicyclic) bond motifs is 1. The SMILES string of the molecule is COC[C@@H](CC(=O)Cc1cc2c(cn1)C(Nc1ccccc1OC)=NC2)c1ccccc1. The van der Waals surface area contributed by atoms with Crippen molar-refractivity contribution in [3.05, 3.63) is 89.2 Å². The zero-order valence-corrected chi connectivity index (χ0v) is 18.4. The van der Waals surface area contributed by atoms with Crippen LogP contribution in [0.4, 0.5) is 5.69 Å². The van der Waals surface area contributed by atoms with E-state index in [2.05, 4.69) is 15.3 Å². The Kier molecular flexibility index (Phi) is 6.92. The summed E-state index contributed by atoms with van der Waals surface area (Å²) in [6.07, 6.45) is 2.53. The number of carbonyl (C=O) groups is 1. The Morgan fingerprint density at radius 3 is 2.66 bits per heavy atom. The van der Waals surface area contributed by atoms with Crippen LogP contribution >= 0.6 is 0 Å². The van der Waals surface area contributed by atoms with Gasteiger partial charge in [0.25, 0.3) is 0 Å². The molecule has 0 radical (unpaired) electrons. The van der Waals surface area contributed by atoms with Crippen LogP contribution in [0.25, 0.3) is 0 Å². The Bertz CT molecular complexity index is 1110. The highest BCUT2D eigenvalue weighted by Gasteiger charge is 2.20. The van der Waals surface area contributed by atoms with Crippen molar-refractivity contribution < 1.29 is 14.3 Å². The Balaban J connectivity index is 1.42. The van der Waals surface area contributed by atoms with Gasteiger partial charge in [0.15, 0.2) is 0 Å². The number of carbonyl (C=O) groups excluding carboxylic acids is 1. The van der Waals surface area contributed by atoms with Gasteiger partial charge in [0.05, 0.1) is 25.9 Å². The standard InChI is InChI=1S/C26H27N3O3/c1-31-17-20(18-8-4-3-5-9-18)13-22(30)14-21-12-19-15-28-26(23(19)16-27-21)29-24-10-6-7-11-25(24)32-2/h3-12,16,20H,13-15,17H2,1-2H3,(H,28,29)/t20-/m1/s1. The van der Waals surface area contributed by atoms with Gasteiger partial charge in [-0.25, -0.2) is 0 Å². The van der Waals surface area contributed by atoms with Crippen LogP contribution in [-0.2, 0) is 22.5 Å². The quantitative estimate of drug-likeness (QED) is 0.546. The number of nitrogens with zero attached hydrogens (tertiary/aromatic N) is 2. The summed E-state index contributed by atoms with van der Waals surface area (Å²) in [7, 11) is 3.31. The first-order chi connectivity index (χ1) is 15.7. The van der Waals surface area contributed by atoms with Crippen molar-refractivity contribution in [2.45, 2.75) is 25.3 Å². The molecule has 0 fully saturated rings. The number of rotatable bonds is 9. The molecule has 1 atom stereocenters. The van der Waals surface area contributed by atoms with Gasteiger partial charge < -0.3 is 14.8 Å². The second kappa shape index (κ2) is 10.2. The number of hydrogen-bond donors (Lipinski definition) is 1. The van der Waals surface area contributed by atoms with Crippen LogP contribution in [0.1, 0.15) is 34.7 Å². The van der Waals surface area contributed by atoms with Crippen LogP contribution in [-0.4, -0.2) is 37.4 Å². The van der Waals surface area contributed by atoms with Crippen LogP contribution in [0, 0.1) is 0 Å². The third-order valence-corrected chi connectivity index (χ3v) is 5.56. The molecule has 6 nitrogen and oxygen atoms in total. The molecule has 0 saturated heterocycles. The summed E-state index contributed by atoms with van der Waals surface area (Å²) in [6, 6.07) is 19.7. The topological polar surface area (TPSA) is 72.8 Å². The van der Waals surface area contributed by atoms with E-state index >= 15 is 0 Å². The average molecular weight is 430 g/mol. The van der Waals surface area contributed by atoms with E-state index in [1.807, 2.05) is 60.7 Å². The van der Waals surface area contributed by atoms with Gasteiger partial charge in [-0.2, -0.15) is 0 Å². The van der Waals surface area contributed by atoms with E-state index in [-0.39, 0.29) is 11.7 Å². The largest absolute Gasteiger partial charge is 0.495 e. The molecule has 3 aromatic rings. The highest BCUT2D eigenvalue weighted by atomic mass is 16.5. The van der Waals surface area contributed by atoms with E-state index in [0.29, 0.717) is 26.0 Å². The second-order valence-electron chi connectivity index (χ2n) is 7.81. The third-order valence-electron chi connectivity index (χ3n) is 5.56. The van der Waals surface area contributed by atoms with Gasteiger partial charge in [-0.15, -0.1) is 0 Å². The van der Waals surface area contributed by atoms with Gasteiger partial charge >= 0.3 is 0 Å². The first kappa shape index (κ1) is 21.7. The molecular formula is C26H27N3O3. The molecule has 164 valence electrons. The fraction of sp³-hybridized carbons (Fsp3) is 0.269. The summed E-state index contributed by atoms with van der Waals surface area (Å²) >= 11 is 0. The van der Waals surface area contributed by atoms with Crippen LogP contribution in [0.5, 0.6) is 5.75 Å². The molecule has 0 amide bonds. The van der Waals surface area contributed by atoms with Crippen LogP contribution in [0.3, 0.4) is 0 Å². The number of Topliss-reactive ketones (excluding diaryl/α,β-unsaturated/α-hetero) is 1. The van der Waals surface area contributed by atoms with Crippen LogP contribution < -0.4 is 10.1 Å². The molecule has 32 heavy (non-hydrogen) atoms. The molecule has 2 heterocycles. The summed E-state index contributed by atoms with van der Waals surface area (Å²) in [4.78, 5) is 22.0. The fourth-order valence-corrected chi connectivity index (χ4v) is 3.97. The molecule has 1 aliphatic rings. The van der Waals surface area contributed by atoms with E-state index in [4.69, 9.17) is 9.47 Å². The maximum Gasteiger partial charge on any atom is 0.142 e. The number of aromatic nitrogens is 1. The minimum atomic E-state index is 0.0446. The summed E-state index contributed by atoms with van der Waals surface area (Å²) in [5.41, 5.74) is 4.76. The number of hydrogen-bond acceptors (Lipinski definition) is 6. The molecule has 1 N–H and O–H groups in total. The van der Waals surface area contributed by atoms with E-state index in [1.165, 1.54) is 0 Å². The number of aliphatic imine (C=N–C) groups is 1. The smallest absolute Gasteiger partial charge is 0.142 e. The number of ketones is 1. The molecule has 0 aliphatic carbocycles. The number of benzene rings is 2. The summed E-state index contributed by atoms with van der Waals surface area (Å²) in [5, 5.41) is 3.34. The van der Waals surface area contributed by atoms with Crippen LogP contribution in [0.2, 0.25) is 0 Å². The minimum absolute atomic E-state index is 0.0446. The number of para-hydroxylation sites is 2. The van der Waals surface area contributed by atoms with E-state index < -0.39 is 0 Å². The maximum absolute atomic E-state index is 12.8. The first-order valence-electron chi connectivity index (χ1n) is 10.7. The maximum atomic E-state index is 12.8. The van der Waals surface area contributed by atoms with Gasteiger partial charge in [0.2, 0.25) is 0 Å². The Morgan fingerprint density at radius 1 is 1.09 bits per heavy atom. The van der Waals surface area contributed by atoms with E-state index in [0.717, 1.165) is 39.7 Å².